The highest BCUT2D eigenvalue weighted by molar-refractivity contribution is 6.31. The Kier molecular flexibility index (Phi) is 4.90. The highest BCUT2D eigenvalue weighted by Gasteiger charge is 2.22. The summed E-state index contributed by atoms with van der Waals surface area (Å²) < 4.78 is 5.41. The standard InChI is InChI=1S/C14H14ClN3O2/c1-2-17-14(19)20-13(12-9-16-7-8-18-12)10-5-3-4-6-11(10)15/h3-9,13H,2H2,1H3,(H,17,19). The first-order valence-electron chi connectivity index (χ1n) is 6.17. The van der Waals surface area contributed by atoms with E-state index >= 15 is 0 Å². The van der Waals surface area contributed by atoms with Gasteiger partial charge in [0, 0.05) is 29.5 Å². The lowest BCUT2D eigenvalue weighted by Crippen LogP contribution is -2.26. The minimum Gasteiger partial charge on any atom is -0.435 e. The zero-order valence-corrected chi connectivity index (χ0v) is 11.7. The van der Waals surface area contributed by atoms with Crippen molar-refractivity contribution in [3.8, 4) is 0 Å². The van der Waals surface area contributed by atoms with Crippen LogP contribution in [0.3, 0.4) is 0 Å². The second-order valence-electron chi connectivity index (χ2n) is 3.97. The van der Waals surface area contributed by atoms with E-state index < -0.39 is 12.2 Å². The topological polar surface area (TPSA) is 64.1 Å². The minimum absolute atomic E-state index is 0.481. The van der Waals surface area contributed by atoms with Crippen molar-refractivity contribution in [3.63, 3.8) is 0 Å². The lowest BCUT2D eigenvalue weighted by molar-refractivity contribution is 0.115. The lowest BCUT2D eigenvalue weighted by Gasteiger charge is -2.18. The number of nitrogens with one attached hydrogen (secondary N) is 1. The number of hydrogen-bond acceptors (Lipinski definition) is 4. The maximum atomic E-state index is 11.7. The molecule has 1 aromatic carbocycles. The molecule has 0 saturated heterocycles. The van der Waals surface area contributed by atoms with Crippen molar-refractivity contribution in [2.45, 2.75) is 13.0 Å². The highest BCUT2D eigenvalue weighted by atomic mass is 35.5. The van der Waals surface area contributed by atoms with E-state index in [1.54, 1.807) is 30.7 Å². The third-order valence-electron chi connectivity index (χ3n) is 2.59. The van der Waals surface area contributed by atoms with Gasteiger partial charge < -0.3 is 10.1 Å². The summed E-state index contributed by atoms with van der Waals surface area (Å²) in [6.07, 6.45) is 3.43. The van der Waals surface area contributed by atoms with Crippen molar-refractivity contribution >= 4 is 17.7 Å². The van der Waals surface area contributed by atoms with Gasteiger partial charge in [-0.15, -0.1) is 0 Å². The highest BCUT2D eigenvalue weighted by Crippen LogP contribution is 2.29. The quantitative estimate of drug-likeness (QED) is 0.940. The molecule has 0 spiro atoms. The van der Waals surface area contributed by atoms with Gasteiger partial charge in [0.05, 0.1) is 6.20 Å². The van der Waals surface area contributed by atoms with E-state index in [1.165, 1.54) is 0 Å². The normalized spacial score (nSPS) is 11.7. The molecular formula is C14H14ClN3O2. The molecule has 2 aromatic rings. The van der Waals surface area contributed by atoms with Gasteiger partial charge in [0.1, 0.15) is 5.69 Å². The Balaban J connectivity index is 2.35. The van der Waals surface area contributed by atoms with Gasteiger partial charge in [-0.1, -0.05) is 29.8 Å². The molecule has 6 heteroatoms. The summed E-state index contributed by atoms with van der Waals surface area (Å²) in [5.41, 5.74) is 1.19. The fraction of sp³-hybridized carbons (Fsp3) is 0.214. The number of aromatic nitrogens is 2. The van der Waals surface area contributed by atoms with Gasteiger partial charge >= 0.3 is 6.09 Å². The van der Waals surface area contributed by atoms with Crippen LogP contribution in [-0.4, -0.2) is 22.6 Å². The first-order chi connectivity index (χ1) is 9.72. The fourth-order valence-electron chi connectivity index (χ4n) is 1.71. The molecule has 104 valence electrons. The number of halogens is 1. The molecule has 0 radical (unpaired) electrons. The molecule has 1 amide bonds. The molecule has 2 rings (SSSR count). The summed E-state index contributed by atoms with van der Waals surface area (Å²) in [5.74, 6) is 0. The number of nitrogens with zero attached hydrogens (tertiary/aromatic N) is 2. The zero-order chi connectivity index (χ0) is 14.4. The smallest absolute Gasteiger partial charge is 0.408 e. The Morgan fingerprint density at radius 2 is 2.20 bits per heavy atom. The number of carbonyl (C=O) groups is 1. The third-order valence-corrected chi connectivity index (χ3v) is 2.93. The molecular weight excluding hydrogens is 278 g/mol. The zero-order valence-electron chi connectivity index (χ0n) is 10.9. The third kappa shape index (κ3) is 3.45. The van der Waals surface area contributed by atoms with Crippen LogP contribution in [0.25, 0.3) is 0 Å². The predicted molar refractivity (Wildman–Crippen MR) is 75.5 cm³/mol. The Bertz CT molecular complexity index is 578. The second-order valence-corrected chi connectivity index (χ2v) is 4.37. The van der Waals surface area contributed by atoms with Crippen LogP contribution < -0.4 is 5.32 Å². The Morgan fingerprint density at radius 3 is 2.85 bits per heavy atom. The van der Waals surface area contributed by atoms with Crippen molar-refractivity contribution < 1.29 is 9.53 Å². The average Bonchev–Trinajstić information content (AvgIpc) is 2.47. The van der Waals surface area contributed by atoms with Gasteiger partial charge in [0.25, 0.3) is 0 Å². The average molecular weight is 292 g/mol. The van der Waals surface area contributed by atoms with Crippen LogP contribution in [0.2, 0.25) is 5.02 Å². The number of rotatable bonds is 4. The summed E-state index contributed by atoms with van der Waals surface area (Å²) >= 11 is 6.17. The number of alkyl carbamates (subject to hydrolysis) is 1. The molecule has 5 nitrogen and oxygen atoms in total. The van der Waals surface area contributed by atoms with Crippen LogP contribution in [0.4, 0.5) is 4.79 Å². The van der Waals surface area contributed by atoms with Gasteiger partial charge in [0.2, 0.25) is 0 Å². The van der Waals surface area contributed by atoms with Gasteiger partial charge in [-0.2, -0.15) is 0 Å². The molecule has 1 N–H and O–H groups in total. The number of ether oxygens (including phenoxy) is 1. The van der Waals surface area contributed by atoms with E-state index in [4.69, 9.17) is 16.3 Å². The SMILES string of the molecule is CCNC(=O)OC(c1cnccn1)c1ccccc1Cl. The molecule has 0 saturated carbocycles. The Morgan fingerprint density at radius 1 is 1.40 bits per heavy atom. The molecule has 0 fully saturated rings. The van der Waals surface area contributed by atoms with Crippen molar-refractivity contribution in [3.05, 3.63) is 59.1 Å². The van der Waals surface area contributed by atoms with Gasteiger partial charge in [0.15, 0.2) is 6.10 Å². The molecule has 1 aromatic heterocycles. The molecule has 0 aliphatic heterocycles. The van der Waals surface area contributed by atoms with Crippen LogP contribution in [0, 0.1) is 0 Å². The van der Waals surface area contributed by atoms with E-state index in [2.05, 4.69) is 15.3 Å². The van der Waals surface area contributed by atoms with Crippen LogP contribution in [0.1, 0.15) is 24.3 Å². The molecule has 0 aliphatic carbocycles. The number of benzene rings is 1. The number of amides is 1. The van der Waals surface area contributed by atoms with Crippen LogP contribution in [-0.2, 0) is 4.74 Å². The predicted octanol–water partition coefficient (Wildman–Crippen LogP) is 2.97. The summed E-state index contributed by atoms with van der Waals surface area (Å²) in [6, 6.07) is 7.17. The van der Waals surface area contributed by atoms with Gasteiger partial charge in [-0.05, 0) is 13.0 Å². The lowest BCUT2D eigenvalue weighted by atomic mass is 10.1. The largest absolute Gasteiger partial charge is 0.435 e. The van der Waals surface area contributed by atoms with E-state index in [0.29, 0.717) is 22.8 Å². The van der Waals surface area contributed by atoms with Crippen LogP contribution in [0.15, 0.2) is 42.9 Å². The van der Waals surface area contributed by atoms with Crippen molar-refractivity contribution in [2.75, 3.05) is 6.54 Å². The second kappa shape index (κ2) is 6.86. The Hall–Kier alpha value is -2.14. The van der Waals surface area contributed by atoms with Crippen molar-refractivity contribution in [1.29, 1.82) is 0 Å². The monoisotopic (exact) mass is 291 g/mol. The molecule has 0 bridgehead atoms. The van der Waals surface area contributed by atoms with Crippen molar-refractivity contribution in [2.24, 2.45) is 0 Å². The minimum atomic E-state index is -0.691. The molecule has 1 unspecified atom stereocenters. The Labute approximate surface area is 122 Å². The van der Waals surface area contributed by atoms with Crippen LogP contribution >= 0.6 is 11.6 Å². The van der Waals surface area contributed by atoms with Gasteiger partial charge in [-0.25, -0.2) is 4.79 Å². The molecule has 1 heterocycles. The molecule has 0 aliphatic rings. The summed E-state index contributed by atoms with van der Waals surface area (Å²) in [4.78, 5) is 19.9. The first kappa shape index (κ1) is 14.3. The van der Waals surface area contributed by atoms with Crippen LogP contribution in [0.5, 0.6) is 0 Å². The summed E-state index contributed by atoms with van der Waals surface area (Å²) in [7, 11) is 0. The number of carbonyl (C=O) groups excluding carboxylic acids is 1. The summed E-state index contributed by atoms with van der Waals surface area (Å²) in [5, 5.41) is 3.09. The number of hydrogen-bond donors (Lipinski definition) is 1. The van der Waals surface area contributed by atoms with Gasteiger partial charge in [-0.3, -0.25) is 9.97 Å². The fourth-order valence-corrected chi connectivity index (χ4v) is 1.94. The van der Waals surface area contributed by atoms with E-state index in [9.17, 15) is 4.79 Å². The first-order valence-corrected chi connectivity index (χ1v) is 6.55. The summed E-state index contributed by atoms with van der Waals surface area (Å²) in [6.45, 7) is 2.29. The maximum Gasteiger partial charge on any atom is 0.408 e. The van der Waals surface area contributed by atoms with E-state index in [1.807, 2.05) is 19.1 Å². The van der Waals surface area contributed by atoms with E-state index in [0.717, 1.165) is 0 Å². The molecule has 1 atom stereocenters. The molecule has 20 heavy (non-hydrogen) atoms. The maximum absolute atomic E-state index is 11.7. The van der Waals surface area contributed by atoms with Crippen molar-refractivity contribution in [1.82, 2.24) is 15.3 Å². The van der Waals surface area contributed by atoms with E-state index in [-0.39, 0.29) is 0 Å².